The highest BCUT2D eigenvalue weighted by molar-refractivity contribution is 5.77. The molecule has 1 amide bonds. The van der Waals surface area contributed by atoms with Gasteiger partial charge in [0.15, 0.2) is 6.61 Å². The molecule has 0 spiro atoms. The minimum absolute atomic E-state index is 0.0374. The first kappa shape index (κ1) is 17.7. The Hall–Kier alpha value is -2.69. The number of hydrogen-bond donors (Lipinski definition) is 1. The summed E-state index contributed by atoms with van der Waals surface area (Å²) in [5.74, 6) is 1.99. The molecule has 1 N–H and O–H groups in total. The normalized spacial score (nSPS) is 10.1. The van der Waals surface area contributed by atoms with Crippen molar-refractivity contribution in [3.05, 3.63) is 54.1 Å². The third kappa shape index (κ3) is 5.50. The summed E-state index contributed by atoms with van der Waals surface area (Å²) in [4.78, 5) is 11.9. The van der Waals surface area contributed by atoms with Crippen molar-refractivity contribution in [2.24, 2.45) is 0 Å². The first-order chi connectivity index (χ1) is 11.7. The van der Waals surface area contributed by atoms with Gasteiger partial charge in [-0.15, -0.1) is 0 Å². The fourth-order valence-electron chi connectivity index (χ4n) is 2.09. The number of benzene rings is 2. The van der Waals surface area contributed by atoms with E-state index in [9.17, 15) is 4.79 Å². The smallest absolute Gasteiger partial charge is 0.258 e. The van der Waals surface area contributed by atoms with Crippen LogP contribution in [0.4, 0.5) is 0 Å². The van der Waals surface area contributed by atoms with E-state index in [1.54, 1.807) is 19.2 Å². The van der Waals surface area contributed by atoms with Crippen molar-refractivity contribution in [3.63, 3.8) is 0 Å². The van der Waals surface area contributed by atoms with Crippen molar-refractivity contribution in [2.45, 2.75) is 19.9 Å². The van der Waals surface area contributed by atoms with Gasteiger partial charge < -0.3 is 19.5 Å². The van der Waals surface area contributed by atoms with Crippen LogP contribution in [-0.2, 0) is 11.3 Å². The highest BCUT2D eigenvalue weighted by Crippen LogP contribution is 2.18. The number of carbonyl (C=O) groups excluding carboxylic acids is 1. The topological polar surface area (TPSA) is 56.8 Å². The van der Waals surface area contributed by atoms with E-state index in [0.717, 1.165) is 23.5 Å². The fourth-order valence-corrected chi connectivity index (χ4v) is 2.09. The summed E-state index contributed by atoms with van der Waals surface area (Å²) in [5.41, 5.74) is 0.922. The van der Waals surface area contributed by atoms with E-state index >= 15 is 0 Å². The monoisotopic (exact) mass is 329 g/mol. The van der Waals surface area contributed by atoms with E-state index in [1.165, 1.54) is 0 Å². The molecular weight excluding hydrogens is 306 g/mol. The number of nitrogens with one attached hydrogen (secondary N) is 1. The Labute approximate surface area is 142 Å². The first-order valence-corrected chi connectivity index (χ1v) is 7.97. The van der Waals surface area contributed by atoms with Crippen molar-refractivity contribution in [1.29, 1.82) is 0 Å². The van der Waals surface area contributed by atoms with Crippen LogP contribution in [0.2, 0.25) is 0 Å². The first-order valence-electron chi connectivity index (χ1n) is 7.97. The van der Waals surface area contributed by atoms with Crippen LogP contribution in [0, 0.1) is 0 Å². The Bertz CT molecular complexity index is 640. The molecule has 5 heteroatoms. The van der Waals surface area contributed by atoms with E-state index in [1.807, 2.05) is 36.4 Å². The quantitative estimate of drug-likeness (QED) is 0.768. The Morgan fingerprint density at radius 1 is 1.00 bits per heavy atom. The molecule has 0 unspecified atom stereocenters. The lowest BCUT2D eigenvalue weighted by Gasteiger charge is -2.10. The second kappa shape index (κ2) is 9.45. The summed E-state index contributed by atoms with van der Waals surface area (Å²) in [6.07, 6.45) is 0.963. The van der Waals surface area contributed by atoms with Crippen molar-refractivity contribution in [1.82, 2.24) is 5.32 Å². The van der Waals surface area contributed by atoms with Gasteiger partial charge in [0.05, 0.1) is 13.7 Å². The molecule has 0 saturated heterocycles. The Balaban J connectivity index is 1.76. The second-order valence-corrected chi connectivity index (χ2v) is 5.20. The Kier molecular flexibility index (Phi) is 6.95. The highest BCUT2D eigenvalue weighted by atomic mass is 16.5. The van der Waals surface area contributed by atoms with Crippen LogP contribution in [-0.4, -0.2) is 26.2 Å². The predicted molar refractivity (Wildman–Crippen MR) is 92.6 cm³/mol. The van der Waals surface area contributed by atoms with Crippen LogP contribution in [0.3, 0.4) is 0 Å². The van der Waals surface area contributed by atoms with E-state index in [-0.39, 0.29) is 12.5 Å². The summed E-state index contributed by atoms with van der Waals surface area (Å²) < 4.78 is 16.2. The largest absolute Gasteiger partial charge is 0.496 e. The van der Waals surface area contributed by atoms with Gasteiger partial charge in [0, 0.05) is 12.1 Å². The third-order valence-electron chi connectivity index (χ3n) is 3.34. The molecule has 0 bridgehead atoms. The third-order valence-corrected chi connectivity index (χ3v) is 3.34. The van der Waals surface area contributed by atoms with E-state index in [4.69, 9.17) is 14.2 Å². The van der Waals surface area contributed by atoms with Gasteiger partial charge in [-0.05, 0) is 36.8 Å². The zero-order valence-electron chi connectivity index (χ0n) is 14.1. The maximum Gasteiger partial charge on any atom is 0.258 e. The van der Waals surface area contributed by atoms with E-state index in [0.29, 0.717) is 18.9 Å². The summed E-state index contributed by atoms with van der Waals surface area (Å²) in [7, 11) is 1.61. The van der Waals surface area contributed by atoms with Crippen molar-refractivity contribution in [2.75, 3.05) is 20.3 Å². The predicted octanol–water partition coefficient (Wildman–Crippen LogP) is 3.18. The summed E-state index contributed by atoms with van der Waals surface area (Å²) in [6, 6.07) is 14.8. The molecule has 2 rings (SSSR count). The minimum Gasteiger partial charge on any atom is -0.496 e. The van der Waals surface area contributed by atoms with Crippen LogP contribution < -0.4 is 19.5 Å². The molecule has 0 aromatic heterocycles. The standard InChI is InChI=1S/C19H23NO4/c1-3-12-23-16-8-10-17(11-9-16)24-14-19(21)20-13-15-6-4-5-7-18(15)22-2/h4-11H,3,12-14H2,1-2H3,(H,20,21). The molecule has 0 heterocycles. The van der Waals surface area contributed by atoms with Crippen molar-refractivity contribution in [3.8, 4) is 17.2 Å². The lowest BCUT2D eigenvalue weighted by Crippen LogP contribution is -2.28. The zero-order valence-corrected chi connectivity index (χ0v) is 14.1. The average molecular weight is 329 g/mol. The van der Waals surface area contributed by atoms with Crippen molar-refractivity contribution >= 4 is 5.91 Å². The van der Waals surface area contributed by atoms with Crippen LogP contribution in [0.1, 0.15) is 18.9 Å². The molecule has 0 aliphatic carbocycles. The molecule has 0 aliphatic heterocycles. The maximum absolute atomic E-state index is 11.9. The van der Waals surface area contributed by atoms with Gasteiger partial charge in [0.1, 0.15) is 17.2 Å². The van der Waals surface area contributed by atoms with Gasteiger partial charge >= 0.3 is 0 Å². The van der Waals surface area contributed by atoms with Gasteiger partial charge in [-0.3, -0.25) is 4.79 Å². The number of hydrogen-bond acceptors (Lipinski definition) is 4. The number of para-hydroxylation sites is 1. The number of carbonyl (C=O) groups is 1. The SMILES string of the molecule is CCCOc1ccc(OCC(=O)NCc2ccccc2OC)cc1. The van der Waals surface area contributed by atoms with Crippen LogP contribution in [0.5, 0.6) is 17.2 Å². The Morgan fingerprint density at radius 2 is 1.67 bits per heavy atom. The van der Waals surface area contributed by atoms with E-state index in [2.05, 4.69) is 12.2 Å². The lowest BCUT2D eigenvalue weighted by atomic mass is 10.2. The van der Waals surface area contributed by atoms with E-state index < -0.39 is 0 Å². The molecule has 0 aliphatic rings. The van der Waals surface area contributed by atoms with Crippen LogP contribution in [0.15, 0.2) is 48.5 Å². The van der Waals surface area contributed by atoms with Crippen LogP contribution in [0.25, 0.3) is 0 Å². The molecule has 2 aromatic carbocycles. The molecule has 128 valence electrons. The molecule has 24 heavy (non-hydrogen) atoms. The van der Waals surface area contributed by atoms with Gasteiger partial charge in [0.2, 0.25) is 0 Å². The summed E-state index contributed by atoms with van der Waals surface area (Å²) >= 11 is 0. The average Bonchev–Trinajstić information content (AvgIpc) is 2.64. The number of ether oxygens (including phenoxy) is 3. The second-order valence-electron chi connectivity index (χ2n) is 5.20. The Morgan fingerprint density at radius 3 is 2.33 bits per heavy atom. The molecule has 0 radical (unpaired) electrons. The van der Waals surface area contributed by atoms with Gasteiger partial charge in [-0.25, -0.2) is 0 Å². The lowest BCUT2D eigenvalue weighted by molar-refractivity contribution is -0.123. The maximum atomic E-state index is 11.9. The molecular formula is C19H23NO4. The highest BCUT2D eigenvalue weighted by Gasteiger charge is 2.06. The fraction of sp³-hybridized carbons (Fsp3) is 0.316. The number of amides is 1. The van der Waals surface area contributed by atoms with Gasteiger partial charge in [-0.2, -0.15) is 0 Å². The summed E-state index contributed by atoms with van der Waals surface area (Å²) in [6.45, 7) is 3.10. The molecule has 0 saturated carbocycles. The number of rotatable bonds is 9. The minimum atomic E-state index is -0.188. The van der Waals surface area contributed by atoms with Crippen molar-refractivity contribution < 1.29 is 19.0 Å². The molecule has 0 atom stereocenters. The number of methoxy groups -OCH3 is 1. The zero-order chi connectivity index (χ0) is 17.2. The van der Waals surface area contributed by atoms with Crippen LogP contribution >= 0.6 is 0 Å². The summed E-state index contributed by atoms with van der Waals surface area (Å²) in [5, 5.41) is 2.81. The molecule has 0 fully saturated rings. The van der Waals surface area contributed by atoms with Gasteiger partial charge in [-0.1, -0.05) is 25.1 Å². The molecule has 5 nitrogen and oxygen atoms in total. The molecule has 2 aromatic rings. The van der Waals surface area contributed by atoms with Gasteiger partial charge in [0.25, 0.3) is 5.91 Å².